The largest absolute Gasteiger partial charge is 0.459 e. The zero-order chi connectivity index (χ0) is 23.8. The minimum Gasteiger partial charge on any atom is -0.459 e. The van der Waals surface area contributed by atoms with Crippen molar-refractivity contribution < 1.29 is 28.3 Å². The SMILES string of the molecule is Cc1ccc(NC(=O)CSCC(=O)OCC(=O)N2CCN(C(=O)c3ccco3)CC2)c(C)c1. The molecule has 1 aliphatic heterocycles. The first-order chi connectivity index (χ1) is 15.8. The van der Waals surface area contributed by atoms with Gasteiger partial charge in [-0.05, 0) is 37.6 Å². The third-order valence-electron chi connectivity index (χ3n) is 5.12. The molecule has 1 aliphatic rings. The van der Waals surface area contributed by atoms with E-state index in [4.69, 9.17) is 9.15 Å². The van der Waals surface area contributed by atoms with Crippen LogP contribution in [-0.2, 0) is 19.1 Å². The van der Waals surface area contributed by atoms with Gasteiger partial charge in [0.05, 0.1) is 17.8 Å². The van der Waals surface area contributed by atoms with Crippen LogP contribution in [0.5, 0.6) is 0 Å². The molecule has 0 radical (unpaired) electrons. The molecule has 2 aromatic rings. The van der Waals surface area contributed by atoms with Gasteiger partial charge >= 0.3 is 5.97 Å². The summed E-state index contributed by atoms with van der Waals surface area (Å²) in [4.78, 5) is 51.7. The van der Waals surface area contributed by atoms with E-state index >= 15 is 0 Å². The highest BCUT2D eigenvalue weighted by molar-refractivity contribution is 8.00. The standard InChI is InChI=1S/C23H27N3O6S/c1-16-5-6-18(17(2)12-16)24-20(27)14-33-15-22(29)32-13-21(28)25-7-9-26(10-8-25)23(30)19-4-3-11-31-19/h3-6,11-12H,7-10,13-15H2,1-2H3,(H,24,27). The van der Waals surface area contributed by atoms with Crippen LogP contribution in [0.1, 0.15) is 21.7 Å². The highest BCUT2D eigenvalue weighted by atomic mass is 32.2. The van der Waals surface area contributed by atoms with Gasteiger partial charge in [0.25, 0.3) is 11.8 Å². The lowest BCUT2D eigenvalue weighted by Crippen LogP contribution is -2.51. The zero-order valence-corrected chi connectivity index (χ0v) is 19.5. The highest BCUT2D eigenvalue weighted by Gasteiger charge is 2.26. The van der Waals surface area contributed by atoms with Gasteiger partial charge in [-0.15, -0.1) is 11.8 Å². The molecule has 176 valence electrons. The molecule has 0 spiro atoms. The molecular weight excluding hydrogens is 446 g/mol. The van der Waals surface area contributed by atoms with Crippen LogP contribution >= 0.6 is 11.8 Å². The molecule has 1 fully saturated rings. The number of nitrogens with zero attached hydrogens (tertiary/aromatic N) is 2. The van der Waals surface area contributed by atoms with Crippen LogP contribution in [-0.4, -0.2) is 77.8 Å². The predicted molar refractivity (Wildman–Crippen MR) is 124 cm³/mol. The first-order valence-electron chi connectivity index (χ1n) is 10.5. The maximum atomic E-state index is 12.3. The maximum Gasteiger partial charge on any atom is 0.316 e. The van der Waals surface area contributed by atoms with Crippen LogP contribution in [0.4, 0.5) is 5.69 Å². The fourth-order valence-corrected chi connectivity index (χ4v) is 3.97. The molecule has 33 heavy (non-hydrogen) atoms. The summed E-state index contributed by atoms with van der Waals surface area (Å²) >= 11 is 1.12. The van der Waals surface area contributed by atoms with Gasteiger partial charge in [0, 0.05) is 31.9 Å². The number of carbonyl (C=O) groups is 4. The number of amides is 3. The van der Waals surface area contributed by atoms with Crippen LogP contribution in [0.25, 0.3) is 0 Å². The average molecular weight is 474 g/mol. The van der Waals surface area contributed by atoms with E-state index in [1.54, 1.807) is 21.9 Å². The minimum absolute atomic E-state index is 0.0288. The van der Waals surface area contributed by atoms with Crippen molar-refractivity contribution in [2.24, 2.45) is 0 Å². The van der Waals surface area contributed by atoms with Crippen LogP contribution in [0.2, 0.25) is 0 Å². The predicted octanol–water partition coefficient (Wildman–Crippen LogP) is 2.10. The molecule has 0 atom stereocenters. The molecule has 1 N–H and O–H groups in total. The van der Waals surface area contributed by atoms with E-state index in [2.05, 4.69) is 5.32 Å². The molecule has 0 saturated carbocycles. The summed E-state index contributed by atoms with van der Waals surface area (Å²) in [6, 6.07) is 9.00. The van der Waals surface area contributed by atoms with Crippen molar-refractivity contribution in [3.8, 4) is 0 Å². The van der Waals surface area contributed by atoms with E-state index in [-0.39, 0.29) is 41.6 Å². The number of rotatable bonds is 8. The number of carbonyl (C=O) groups excluding carboxylic acids is 4. The molecule has 1 aromatic carbocycles. The summed E-state index contributed by atoms with van der Waals surface area (Å²) < 4.78 is 10.2. The first-order valence-corrected chi connectivity index (χ1v) is 11.7. The summed E-state index contributed by atoms with van der Waals surface area (Å²) in [5, 5.41) is 2.82. The second-order valence-corrected chi connectivity index (χ2v) is 8.66. The van der Waals surface area contributed by atoms with E-state index < -0.39 is 5.97 Å². The molecule has 9 nitrogen and oxygen atoms in total. The molecular formula is C23H27N3O6S. The molecule has 3 amide bonds. The second kappa shape index (κ2) is 11.6. The summed E-state index contributed by atoms with van der Waals surface area (Å²) in [5.74, 6) is -0.953. The molecule has 3 rings (SSSR count). The summed E-state index contributed by atoms with van der Waals surface area (Å²) in [6.07, 6.45) is 1.44. The topological polar surface area (TPSA) is 109 Å². The van der Waals surface area contributed by atoms with E-state index in [0.29, 0.717) is 26.2 Å². The van der Waals surface area contributed by atoms with Crippen molar-refractivity contribution in [2.75, 3.05) is 49.6 Å². The third kappa shape index (κ3) is 7.11. The summed E-state index contributed by atoms with van der Waals surface area (Å²) in [7, 11) is 0. The average Bonchev–Trinajstić information content (AvgIpc) is 3.34. The number of aryl methyl sites for hydroxylation is 2. The highest BCUT2D eigenvalue weighted by Crippen LogP contribution is 2.16. The normalized spacial score (nSPS) is 13.5. The molecule has 1 saturated heterocycles. The monoisotopic (exact) mass is 473 g/mol. The molecule has 0 bridgehead atoms. The number of benzene rings is 1. The Balaban J connectivity index is 1.31. The number of esters is 1. The Morgan fingerprint density at radius 1 is 1.03 bits per heavy atom. The van der Waals surface area contributed by atoms with Gasteiger partial charge in [-0.2, -0.15) is 0 Å². The molecule has 2 heterocycles. The van der Waals surface area contributed by atoms with Crippen LogP contribution in [0, 0.1) is 13.8 Å². The number of nitrogens with one attached hydrogen (secondary N) is 1. The quantitative estimate of drug-likeness (QED) is 0.585. The van der Waals surface area contributed by atoms with Crippen LogP contribution in [0.15, 0.2) is 41.0 Å². The first kappa shape index (κ1) is 24.4. The van der Waals surface area contributed by atoms with E-state index in [0.717, 1.165) is 28.6 Å². The molecule has 0 unspecified atom stereocenters. The number of thioether (sulfide) groups is 1. The Morgan fingerprint density at radius 3 is 2.42 bits per heavy atom. The number of furan rings is 1. The molecule has 1 aromatic heterocycles. The van der Waals surface area contributed by atoms with E-state index in [1.807, 2.05) is 32.0 Å². The van der Waals surface area contributed by atoms with Gasteiger partial charge in [0.1, 0.15) is 0 Å². The number of hydrogen-bond donors (Lipinski definition) is 1. The zero-order valence-electron chi connectivity index (χ0n) is 18.7. The van der Waals surface area contributed by atoms with E-state index in [1.165, 1.54) is 6.26 Å². The number of hydrogen-bond acceptors (Lipinski definition) is 7. The Kier molecular flexibility index (Phi) is 8.53. The van der Waals surface area contributed by atoms with Gasteiger partial charge in [-0.1, -0.05) is 17.7 Å². The van der Waals surface area contributed by atoms with Gasteiger partial charge in [0.2, 0.25) is 5.91 Å². The van der Waals surface area contributed by atoms with Gasteiger partial charge in [0.15, 0.2) is 12.4 Å². The number of anilines is 1. The third-order valence-corrected chi connectivity index (χ3v) is 6.02. The second-order valence-electron chi connectivity index (χ2n) is 7.67. The van der Waals surface area contributed by atoms with Crippen molar-refractivity contribution in [1.29, 1.82) is 0 Å². The Labute approximate surface area is 196 Å². The van der Waals surface area contributed by atoms with Gasteiger partial charge in [-0.3, -0.25) is 19.2 Å². The van der Waals surface area contributed by atoms with Crippen LogP contribution in [0.3, 0.4) is 0 Å². The lowest BCUT2D eigenvalue weighted by atomic mass is 10.1. The van der Waals surface area contributed by atoms with Crippen molar-refractivity contribution in [3.63, 3.8) is 0 Å². The van der Waals surface area contributed by atoms with Crippen LogP contribution < -0.4 is 5.32 Å². The molecule has 10 heteroatoms. The van der Waals surface area contributed by atoms with Crippen molar-refractivity contribution in [1.82, 2.24) is 9.80 Å². The Morgan fingerprint density at radius 2 is 1.76 bits per heavy atom. The van der Waals surface area contributed by atoms with Crippen molar-refractivity contribution >= 4 is 41.1 Å². The smallest absolute Gasteiger partial charge is 0.316 e. The van der Waals surface area contributed by atoms with Gasteiger partial charge in [-0.25, -0.2) is 0 Å². The fraction of sp³-hybridized carbons (Fsp3) is 0.391. The maximum absolute atomic E-state index is 12.3. The fourth-order valence-electron chi connectivity index (χ4n) is 3.36. The Bertz CT molecular complexity index is 1000. The number of ether oxygens (including phenoxy) is 1. The summed E-state index contributed by atoms with van der Waals surface area (Å²) in [6.45, 7) is 5.01. The molecule has 0 aliphatic carbocycles. The van der Waals surface area contributed by atoms with Gasteiger partial charge < -0.3 is 24.3 Å². The summed E-state index contributed by atoms with van der Waals surface area (Å²) in [5.41, 5.74) is 2.82. The van der Waals surface area contributed by atoms with Crippen molar-refractivity contribution in [3.05, 3.63) is 53.5 Å². The van der Waals surface area contributed by atoms with E-state index in [9.17, 15) is 19.2 Å². The number of piperazine rings is 1. The Hall–Kier alpha value is -3.27. The lowest BCUT2D eigenvalue weighted by Gasteiger charge is -2.34. The van der Waals surface area contributed by atoms with Crippen molar-refractivity contribution in [2.45, 2.75) is 13.8 Å². The minimum atomic E-state index is -0.556. The lowest BCUT2D eigenvalue weighted by molar-refractivity contribution is -0.150.